The Morgan fingerprint density at radius 3 is 2.61 bits per heavy atom. The molecule has 6 heteroatoms. The summed E-state index contributed by atoms with van der Waals surface area (Å²) in [5.74, 6) is 0.573. The summed E-state index contributed by atoms with van der Waals surface area (Å²) in [4.78, 5) is 12.2. The maximum Gasteiger partial charge on any atom is 0.407 e. The molecular weight excluding hydrogens is 234 g/mol. The van der Waals surface area contributed by atoms with Gasteiger partial charge in [0.2, 0.25) is 0 Å². The number of nitrogens with zero attached hydrogens (tertiary/aromatic N) is 1. The number of nitrogen functional groups attached to an aromatic ring is 2. The number of anilines is 2. The van der Waals surface area contributed by atoms with Crippen molar-refractivity contribution in [3.05, 3.63) is 18.2 Å². The van der Waals surface area contributed by atoms with Crippen molar-refractivity contribution in [1.82, 2.24) is 4.90 Å². The lowest BCUT2D eigenvalue weighted by atomic mass is 10.1. The molecule has 0 spiro atoms. The highest BCUT2D eigenvalue weighted by molar-refractivity contribution is 5.70. The fourth-order valence-electron chi connectivity index (χ4n) is 2.01. The van der Waals surface area contributed by atoms with E-state index in [2.05, 4.69) is 0 Å². The number of piperidine rings is 1. The molecule has 0 radical (unpaired) electrons. The van der Waals surface area contributed by atoms with E-state index in [1.54, 1.807) is 18.2 Å². The van der Waals surface area contributed by atoms with Crippen LogP contribution in [0.2, 0.25) is 0 Å². The first-order valence-corrected chi connectivity index (χ1v) is 5.86. The van der Waals surface area contributed by atoms with Crippen molar-refractivity contribution in [3.63, 3.8) is 0 Å². The number of amides is 1. The summed E-state index contributed by atoms with van der Waals surface area (Å²) in [6, 6.07) is 5.28. The Balaban J connectivity index is 1.96. The van der Waals surface area contributed by atoms with Crippen LogP contribution in [0, 0.1) is 0 Å². The predicted octanol–water partition coefficient (Wildman–Crippen LogP) is 1.37. The van der Waals surface area contributed by atoms with Crippen LogP contribution in [0.1, 0.15) is 12.8 Å². The Kier molecular flexibility index (Phi) is 3.45. The molecule has 1 aromatic carbocycles. The average molecular weight is 251 g/mol. The van der Waals surface area contributed by atoms with Crippen LogP contribution >= 0.6 is 0 Å². The van der Waals surface area contributed by atoms with E-state index in [4.69, 9.17) is 21.3 Å². The topological polar surface area (TPSA) is 102 Å². The van der Waals surface area contributed by atoms with Gasteiger partial charge in [0, 0.05) is 25.9 Å². The Morgan fingerprint density at radius 1 is 1.33 bits per heavy atom. The molecule has 0 aliphatic carbocycles. The van der Waals surface area contributed by atoms with Gasteiger partial charge in [-0.2, -0.15) is 0 Å². The van der Waals surface area contributed by atoms with Crippen molar-refractivity contribution >= 4 is 17.5 Å². The third kappa shape index (κ3) is 2.58. The smallest absolute Gasteiger partial charge is 0.407 e. The molecule has 5 N–H and O–H groups in total. The largest absolute Gasteiger partial charge is 0.488 e. The summed E-state index contributed by atoms with van der Waals surface area (Å²) in [5, 5.41) is 8.84. The molecule has 1 fully saturated rings. The fraction of sp³-hybridized carbons (Fsp3) is 0.417. The number of carboxylic acid groups (broad SMARTS) is 1. The molecule has 2 rings (SSSR count). The van der Waals surface area contributed by atoms with E-state index in [0.29, 0.717) is 43.1 Å². The highest BCUT2D eigenvalue weighted by Crippen LogP contribution is 2.29. The zero-order valence-corrected chi connectivity index (χ0v) is 10.0. The van der Waals surface area contributed by atoms with Gasteiger partial charge in [-0.1, -0.05) is 6.07 Å². The molecular formula is C12H17N3O3. The van der Waals surface area contributed by atoms with E-state index >= 15 is 0 Å². The Labute approximate surface area is 105 Å². The molecule has 6 nitrogen and oxygen atoms in total. The van der Waals surface area contributed by atoms with Crippen LogP contribution in [0.5, 0.6) is 5.75 Å². The van der Waals surface area contributed by atoms with Crippen molar-refractivity contribution in [2.45, 2.75) is 18.9 Å². The Bertz CT molecular complexity index is 442. The van der Waals surface area contributed by atoms with Crippen LogP contribution in [0.3, 0.4) is 0 Å². The molecule has 0 bridgehead atoms. The van der Waals surface area contributed by atoms with Crippen LogP contribution in [-0.4, -0.2) is 35.3 Å². The summed E-state index contributed by atoms with van der Waals surface area (Å²) in [7, 11) is 0. The van der Waals surface area contributed by atoms with Crippen LogP contribution in [0.25, 0.3) is 0 Å². The molecule has 0 unspecified atom stereocenters. The molecule has 0 saturated carbocycles. The van der Waals surface area contributed by atoms with Gasteiger partial charge >= 0.3 is 6.09 Å². The fourth-order valence-corrected chi connectivity index (χ4v) is 2.01. The minimum atomic E-state index is -0.878. The minimum Gasteiger partial charge on any atom is -0.488 e. The summed E-state index contributed by atoms with van der Waals surface area (Å²) in [6.45, 7) is 0.977. The van der Waals surface area contributed by atoms with Crippen LogP contribution < -0.4 is 16.2 Å². The van der Waals surface area contributed by atoms with E-state index in [1.165, 1.54) is 4.90 Å². The zero-order valence-electron chi connectivity index (χ0n) is 10.0. The van der Waals surface area contributed by atoms with Gasteiger partial charge in [0.1, 0.15) is 11.9 Å². The quantitative estimate of drug-likeness (QED) is 0.689. The second-order valence-electron chi connectivity index (χ2n) is 4.35. The van der Waals surface area contributed by atoms with Crippen molar-refractivity contribution in [2.24, 2.45) is 0 Å². The molecule has 1 aromatic rings. The van der Waals surface area contributed by atoms with Gasteiger partial charge in [-0.3, -0.25) is 0 Å². The molecule has 1 saturated heterocycles. The first-order chi connectivity index (χ1) is 8.58. The number of carbonyl (C=O) groups is 1. The lowest BCUT2D eigenvalue weighted by Gasteiger charge is -2.30. The molecule has 1 heterocycles. The Morgan fingerprint density at radius 2 is 2.00 bits per heavy atom. The number of benzene rings is 1. The molecule has 98 valence electrons. The predicted molar refractivity (Wildman–Crippen MR) is 68.5 cm³/mol. The normalized spacial score (nSPS) is 16.6. The van der Waals surface area contributed by atoms with Gasteiger partial charge in [0.05, 0.1) is 11.4 Å². The SMILES string of the molecule is Nc1cccc(OC2CCN(C(=O)O)CC2)c1N. The van der Waals surface area contributed by atoms with E-state index in [-0.39, 0.29) is 6.10 Å². The lowest BCUT2D eigenvalue weighted by Crippen LogP contribution is -2.41. The highest BCUT2D eigenvalue weighted by Gasteiger charge is 2.23. The lowest BCUT2D eigenvalue weighted by molar-refractivity contribution is 0.0898. The van der Waals surface area contributed by atoms with Gasteiger partial charge in [-0.05, 0) is 12.1 Å². The van der Waals surface area contributed by atoms with E-state index < -0.39 is 6.09 Å². The van der Waals surface area contributed by atoms with Gasteiger partial charge in [-0.25, -0.2) is 4.79 Å². The van der Waals surface area contributed by atoms with Crippen LogP contribution in [0.15, 0.2) is 18.2 Å². The van der Waals surface area contributed by atoms with Crippen molar-refractivity contribution in [2.75, 3.05) is 24.6 Å². The van der Waals surface area contributed by atoms with E-state index in [1.807, 2.05) is 0 Å². The summed E-state index contributed by atoms with van der Waals surface area (Å²) in [6.07, 6.45) is 0.447. The standard InChI is InChI=1S/C12H17N3O3/c13-9-2-1-3-10(11(9)14)18-8-4-6-15(7-5-8)12(16)17/h1-3,8H,4-7,13-14H2,(H,16,17). The number of nitrogens with two attached hydrogens (primary N) is 2. The molecule has 18 heavy (non-hydrogen) atoms. The second kappa shape index (κ2) is 5.03. The average Bonchev–Trinajstić information content (AvgIpc) is 2.36. The third-order valence-corrected chi connectivity index (χ3v) is 3.11. The van der Waals surface area contributed by atoms with Gasteiger partial charge in [0.25, 0.3) is 0 Å². The van der Waals surface area contributed by atoms with Crippen molar-refractivity contribution in [1.29, 1.82) is 0 Å². The molecule has 1 aliphatic rings. The number of rotatable bonds is 2. The summed E-state index contributed by atoms with van der Waals surface area (Å²) < 4.78 is 5.77. The zero-order chi connectivity index (χ0) is 13.1. The second-order valence-corrected chi connectivity index (χ2v) is 4.35. The minimum absolute atomic E-state index is 0.00954. The first kappa shape index (κ1) is 12.3. The van der Waals surface area contributed by atoms with Crippen LogP contribution in [0.4, 0.5) is 16.2 Å². The Hall–Kier alpha value is -2.11. The van der Waals surface area contributed by atoms with E-state index in [9.17, 15) is 4.79 Å². The number of hydrogen-bond acceptors (Lipinski definition) is 4. The number of para-hydroxylation sites is 1. The third-order valence-electron chi connectivity index (χ3n) is 3.11. The van der Waals surface area contributed by atoms with Crippen molar-refractivity contribution < 1.29 is 14.6 Å². The molecule has 0 atom stereocenters. The maximum atomic E-state index is 10.8. The molecule has 1 aliphatic heterocycles. The van der Waals surface area contributed by atoms with Crippen LogP contribution in [-0.2, 0) is 0 Å². The number of hydrogen-bond donors (Lipinski definition) is 3. The van der Waals surface area contributed by atoms with Gasteiger partial charge in [-0.15, -0.1) is 0 Å². The number of likely N-dealkylation sites (tertiary alicyclic amines) is 1. The monoisotopic (exact) mass is 251 g/mol. The molecule has 1 amide bonds. The van der Waals surface area contributed by atoms with Crippen molar-refractivity contribution in [3.8, 4) is 5.75 Å². The maximum absolute atomic E-state index is 10.8. The number of ether oxygens (including phenoxy) is 1. The summed E-state index contributed by atoms with van der Waals surface area (Å²) >= 11 is 0. The van der Waals surface area contributed by atoms with Gasteiger partial charge in [0.15, 0.2) is 0 Å². The van der Waals surface area contributed by atoms with Gasteiger partial charge < -0.3 is 26.2 Å². The molecule has 0 aromatic heterocycles. The summed E-state index contributed by atoms with van der Waals surface area (Å²) in [5.41, 5.74) is 12.5. The first-order valence-electron chi connectivity index (χ1n) is 5.86. The van der Waals surface area contributed by atoms with E-state index in [0.717, 1.165) is 0 Å². The highest BCUT2D eigenvalue weighted by atomic mass is 16.5.